The van der Waals surface area contributed by atoms with Crippen LogP contribution in [0.25, 0.3) is 10.9 Å². The van der Waals surface area contributed by atoms with E-state index in [2.05, 4.69) is 42.2 Å². The minimum Gasteiger partial charge on any atom is -0.356 e. The first-order valence-corrected chi connectivity index (χ1v) is 12.4. The summed E-state index contributed by atoms with van der Waals surface area (Å²) in [5.41, 5.74) is 5.95. The molecule has 0 radical (unpaired) electrons. The Hall–Kier alpha value is -3.86. The molecule has 0 aliphatic carbocycles. The minimum atomic E-state index is -1.09. The van der Waals surface area contributed by atoms with E-state index in [4.69, 9.17) is 0 Å². The fraction of sp³-hybridized carbons (Fsp3) is 0.267. The molecule has 0 spiro atoms. The van der Waals surface area contributed by atoms with E-state index in [0.717, 1.165) is 46.1 Å². The van der Waals surface area contributed by atoms with Crippen molar-refractivity contribution in [3.8, 4) is 0 Å². The Bertz CT molecular complexity index is 1470. The third kappa shape index (κ3) is 2.94. The van der Waals surface area contributed by atoms with Gasteiger partial charge in [-0.2, -0.15) is 0 Å². The number of hydrogen-bond donors (Lipinski definition) is 1. The maximum Gasteiger partial charge on any atom is 0.332 e. The first-order valence-electron chi connectivity index (χ1n) is 12.4. The second-order valence-corrected chi connectivity index (χ2v) is 9.70. The standard InChI is InChI=1S/C30H29N3O2/c1-4-19-14-16-21(17-15-19)23-18-32-29(35)33(25-13-9-6-10-20(25)5-2)28(34)30(32,3)27-26(23)22-11-7-8-12-24(22)31-27/h6-17,23,31H,4-5,18H2,1-3H3/t23-,30-/m0/s1. The molecular formula is C30H29N3O2. The molecule has 3 heterocycles. The summed E-state index contributed by atoms with van der Waals surface area (Å²) < 4.78 is 0. The zero-order chi connectivity index (χ0) is 24.3. The number of aryl methyl sites for hydroxylation is 2. The highest BCUT2D eigenvalue weighted by molar-refractivity contribution is 6.24. The van der Waals surface area contributed by atoms with Gasteiger partial charge < -0.3 is 9.88 Å². The predicted molar refractivity (Wildman–Crippen MR) is 139 cm³/mol. The molecule has 1 fully saturated rings. The number of urea groups is 1. The van der Waals surface area contributed by atoms with Gasteiger partial charge in [0.15, 0.2) is 5.54 Å². The van der Waals surface area contributed by atoms with Gasteiger partial charge in [0.2, 0.25) is 0 Å². The number of imide groups is 1. The largest absolute Gasteiger partial charge is 0.356 e. The number of rotatable bonds is 4. The molecule has 6 rings (SSSR count). The van der Waals surface area contributed by atoms with Gasteiger partial charge in [-0.15, -0.1) is 0 Å². The molecule has 1 aromatic heterocycles. The maximum absolute atomic E-state index is 14.2. The number of para-hydroxylation sites is 2. The Kier molecular flexibility index (Phi) is 4.85. The summed E-state index contributed by atoms with van der Waals surface area (Å²) in [6.07, 6.45) is 1.72. The molecule has 1 saturated heterocycles. The van der Waals surface area contributed by atoms with Crippen LogP contribution in [0.1, 0.15) is 54.6 Å². The van der Waals surface area contributed by atoms with Crippen molar-refractivity contribution in [1.29, 1.82) is 0 Å². The highest BCUT2D eigenvalue weighted by Crippen LogP contribution is 2.50. The molecule has 5 nitrogen and oxygen atoms in total. The molecule has 35 heavy (non-hydrogen) atoms. The molecule has 0 unspecified atom stereocenters. The molecule has 3 amide bonds. The number of carbonyl (C=O) groups is 2. The van der Waals surface area contributed by atoms with Crippen LogP contribution in [0.3, 0.4) is 0 Å². The van der Waals surface area contributed by atoms with Crippen LogP contribution >= 0.6 is 0 Å². The number of aromatic nitrogens is 1. The van der Waals surface area contributed by atoms with E-state index in [0.29, 0.717) is 12.2 Å². The van der Waals surface area contributed by atoms with Gasteiger partial charge in [0, 0.05) is 23.4 Å². The van der Waals surface area contributed by atoms with E-state index in [1.807, 2.05) is 56.3 Å². The van der Waals surface area contributed by atoms with Gasteiger partial charge >= 0.3 is 6.03 Å². The lowest BCUT2D eigenvalue weighted by Gasteiger charge is -2.40. The lowest BCUT2D eigenvalue weighted by Crippen LogP contribution is -2.50. The van der Waals surface area contributed by atoms with E-state index >= 15 is 0 Å². The molecular weight excluding hydrogens is 434 g/mol. The monoisotopic (exact) mass is 463 g/mol. The Balaban J connectivity index is 1.57. The van der Waals surface area contributed by atoms with Crippen molar-refractivity contribution in [3.63, 3.8) is 0 Å². The van der Waals surface area contributed by atoms with Crippen molar-refractivity contribution < 1.29 is 9.59 Å². The van der Waals surface area contributed by atoms with Crippen LogP contribution in [0, 0.1) is 0 Å². The van der Waals surface area contributed by atoms with Gasteiger partial charge in [0.1, 0.15) is 0 Å². The molecule has 2 aliphatic rings. The summed E-state index contributed by atoms with van der Waals surface area (Å²) in [4.78, 5) is 34.8. The SMILES string of the molecule is CCc1ccc([C@@H]2CN3C(=O)N(c4ccccc4CC)C(=O)[C@]3(C)c3[nH]c4ccccc4c32)cc1. The Labute approximate surface area is 205 Å². The van der Waals surface area contributed by atoms with Gasteiger partial charge in [-0.05, 0) is 54.2 Å². The highest BCUT2D eigenvalue weighted by Gasteiger charge is 2.60. The zero-order valence-electron chi connectivity index (χ0n) is 20.3. The number of hydrogen-bond acceptors (Lipinski definition) is 2. The van der Waals surface area contributed by atoms with Crippen molar-refractivity contribution >= 4 is 28.5 Å². The van der Waals surface area contributed by atoms with Gasteiger partial charge in [0.25, 0.3) is 5.91 Å². The molecule has 4 aromatic rings. The van der Waals surface area contributed by atoms with E-state index in [1.165, 1.54) is 10.5 Å². The smallest absolute Gasteiger partial charge is 0.332 e. The summed E-state index contributed by atoms with van der Waals surface area (Å²) in [5.74, 6) is -0.228. The van der Waals surface area contributed by atoms with Gasteiger partial charge in [-0.3, -0.25) is 4.79 Å². The first-order chi connectivity index (χ1) is 17.0. The van der Waals surface area contributed by atoms with Crippen molar-refractivity contribution in [1.82, 2.24) is 9.88 Å². The molecule has 2 atom stereocenters. The van der Waals surface area contributed by atoms with Crippen LogP contribution in [-0.4, -0.2) is 28.4 Å². The van der Waals surface area contributed by atoms with Crippen LogP contribution in [0.2, 0.25) is 0 Å². The number of fused-ring (bicyclic) bond motifs is 5. The Morgan fingerprint density at radius 3 is 2.37 bits per heavy atom. The van der Waals surface area contributed by atoms with Crippen LogP contribution in [0.15, 0.2) is 72.8 Å². The first kappa shape index (κ1) is 21.7. The molecule has 1 N–H and O–H groups in total. The lowest BCUT2D eigenvalue weighted by atomic mass is 9.78. The van der Waals surface area contributed by atoms with Gasteiger partial charge in [-0.25, -0.2) is 9.69 Å². The fourth-order valence-corrected chi connectivity index (χ4v) is 5.92. The molecule has 0 bridgehead atoms. The quantitative estimate of drug-likeness (QED) is 0.371. The average molecular weight is 464 g/mol. The van der Waals surface area contributed by atoms with Gasteiger partial charge in [0.05, 0.1) is 11.4 Å². The number of amides is 3. The highest BCUT2D eigenvalue weighted by atomic mass is 16.2. The van der Waals surface area contributed by atoms with Crippen LogP contribution in [0.5, 0.6) is 0 Å². The lowest BCUT2D eigenvalue weighted by molar-refractivity contribution is -0.125. The predicted octanol–water partition coefficient (Wildman–Crippen LogP) is 6.12. The van der Waals surface area contributed by atoms with Crippen LogP contribution in [-0.2, 0) is 23.2 Å². The molecule has 5 heteroatoms. The Morgan fingerprint density at radius 2 is 1.63 bits per heavy atom. The summed E-state index contributed by atoms with van der Waals surface area (Å²) in [5, 5.41) is 1.11. The number of H-pyrrole nitrogens is 1. The van der Waals surface area contributed by atoms with E-state index in [-0.39, 0.29) is 17.9 Å². The summed E-state index contributed by atoms with van der Waals surface area (Å²) in [6, 6.07) is 24.3. The maximum atomic E-state index is 14.2. The van der Waals surface area contributed by atoms with E-state index in [1.54, 1.807) is 4.90 Å². The normalized spacial score (nSPS) is 21.5. The third-order valence-electron chi connectivity index (χ3n) is 7.93. The second-order valence-electron chi connectivity index (χ2n) is 9.70. The second kappa shape index (κ2) is 7.84. The zero-order valence-corrected chi connectivity index (χ0v) is 20.3. The molecule has 2 aliphatic heterocycles. The molecule has 176 valence electrons. The number of aromatic amines is 1. The number of nitrogens with one attached hydrogen (secondary N) is 1. The number of benzene rings is 3. The van der Waals surface area contributed by atoms with Gasteiger partial charge in [-0.1, -0.05) is 74.5 Å². The van der Waals surface area contributed by atoms with Crippen molar-refractivity contribution in [2.75, 3.05) is 11.4 Å². The number of anilines is 1. The van der Waals surface area contributed by atoms with E-state index < -0.39 is 5.54 Å². The topological polar surface area (TPSA) is 56.4 Å². The number of carbonyl (C=O) groups excluding carboxylic acids is 2. The van der Waals surface area contributed by atoms with E-state index in [9.17, 15) is 9.59 Å². The third-order valence-corrected chi connectivity index (χ3v) is 7.93. The number of nitrogens with zero attached hydrogens (tertiary/aromatic N) is 2. The van der Waals surface area contributed by atoms with Crippen molar-refractivity contribution in [2.24, 2.45) is 0 Å². The summed E-state index contributed by atoms with van der Waals surface area (Å²) in [7, 11) is 0. The molecule has 0 saturated carbocycles. The Morgan fingerprint density at radius 1 is 0.914 bits per heavy atom. The molecule has 3 aromatic carbocycles. The van der Waals surface area contributed by atoms with Crippen LogP contribution in [0.4, 0.5) is 10.5 Å². The van der Waals surface area contributed by atoms with Crippen LogP contribution < -0.4 is 4.90 Å². The summed E-state index contributed by atoms with van der Waals surface area (Å²) in [6.45, 7) is 6.54. The minimum absolute atomic E-state index is 0.0294. The van der Waals surface area contributed by atoms with Crippen molar-refractivity contribution in [2.45, 2.75) is 45.1 Å². The average Bonchev–Trinajstić information content (AvgIpc) is 3.38. The fourth-order valence-electron chi connectivity index (χ4n) is 5.92. The van der Waals surface area contributed by atoms with Crippen molar-refractivity contribution in [3.05, 3.63) is 101 Å². The summed E-state index contributed by atoms with van der Waals surface area (Å²) >= 11 is 0.